The first-order valence-corrected chi connectivity index (χ1v) is 12.5. The van der Waals surface area contributed by atoms with Crippen LogP contribution in [0.25, 0.3) is 0 Å². The molecule has 1 aromatic carbocycles. The number of fused-ring (bicyclic) bond motifs is 2. The van der Waals surface area contributed by atoms with Crippen LogP contribution in [-0.2, 0) is 31.9 Å². The van der Waals surface area contributed by atoms with Crippen LogP contribution in [0.5, 0.6) is 0 Å². The van der Waals surface area contributed by atoms with E-state index in [0.29, 0.717) is 30.7 Å². The van der Waals surface area contributed by atoms with Crippen molar-refractivity contribution in [1.29, 1.82) is 0 Å². The van der Waals surface area contributed by atoms with Gasteiger partial charge >= 0.3 is 18.3 Å². The van der Waals surface area contributed by atoms with E-state index in [4.69, 9.17) is 14.3 Å². The highest BCUT2D eigenvalue weighted by atomic mass is 19.4. The Labute approximate surface area is 229 Å². The normalized spacial score (nSPS) is 26.3. The van der Waals surface area contributed by atoms with Gasteiger partial charge < -0.3 is 14.4 Å². The third-order valence-corrected chi connectivity index (χ3v) is 7.50. The molecule has 3 aliphatic rings. The van der Waals surface area contributed by atoms with Gasteiger partial charge in [0, 0.05) is 19.1 Å². The molecule has 1 aromatic heterocycles. The number of likely N-dealkylation sites (tertiary alicyclic amines) is 2. The number of carbonyl (C=O) groups excluding carboxylic acids is 3. The lowest BCUT2D eigenvalue weighted by Crippen LogP contribution is -2.63. The number of carboxylic acid groups (broad SMARTS) is 1. The Morgan fingerprint density at radius 3 is 2.22 bits per heavy atom. The van der Waals surface area contributed by atoms with Crippen molar-refractivity contribution in [3.63, 3.8) is 0 Å². The number of hydrogen-bond donors (Lipinski definition) is 2. The molecule has 4 atom stereocenters. The molecule has 5 rings (SSSR count). The van der Waals surface area contributed by atoms with Crippen molar-refractivity contribution in [1.82, 2.24) is 15.1 Å². The maximum Gasteiger partial charge on any atom is 0.490 e. The van der Waals surface area contributed by atoms with Gasteiger partial charge in [0.2, 0.25) is 17.7 Å². The third-order valence-electron chi connectivity index (χ3n) is 7.50. The Balaban J connectivity index is 0.000000493. The second-order valence-electron chi connectivity index (χ2n) is 9.85. The molecule has 3 amide bonds. The largest absolute Gasteiger partial charge is 0.490 e. The molecule has 1 spiro atoms. The lowest BCUT2D eigenvalue weighted by Gasteiger charge is -2.42. The second-order valence-corrected chi connectivity index (χ2v) is 9.85. The molecule has 9 nitrogen and oxygen atoms in total. The summed E-state index contributed by atoms with van der Waals surface area (Å²) in [7, 11) is 0. The summed E-state index contributed by atoms with van der Waals surface area (Å²) in [5.41, 5.74) is -1.67. The van der Waals surface area contributed by atoms with Crippen molar-refractivity contribution < 1.29 is 55.0 Å². The van der Waals surface area contributed by atoms with E-state index >= 15 is 0 Å². The summed E-state index contributed by atoms with van der Waals surface area (Å²) in [6, 6.07) is 7.28. The van der Waals surface area contributed by atoms with Crippen molar-refractivity contribution in [3.05, 3.63) is 59.5 Å². The predicted octanol–water partition coefficient (Wildman–Crippen LogP) is 3.76. The summed E-state index contributed by atoms with van der Waals surface area (Å²) in [6.07, 6.45) is -7.09. The summed E-state index contributed by atoms with van der Waals surface area (Å²) in [6.45, 7) is 2.57. The Morgan fingerprint density at radius 1 is 1.07 bits per heavy atom. The topological polar surface area (TPSA) is 120 Å². The monoisotopic (exact) mass is 589 g/mol. The molecule has 0 unspecified atom stereocenters. The van der Waals surface area contributed by atoms with E-state index in [9.17, 15) is 40.7 Å². The molecular weight excluding hydrogens is 564 g/mol. The zero-order valence-electron chi connectivity index (χ0n) is 21.5. The van der Waals surface area contributed by atoms with E-state index in [1.54, 1.807) is 24.0 Å². The number of benzene rings is 1. The number of piperidine rings is 1. The average molecular weight is 589 g/mol. The fourth-order valence-electron chi connectivity index (χ4n) is 5.75. The molecule has 3 aliphatic heterocycles. The Morgan fingerprint density at radius 2 is 1.71 bits per heavy atom. The van der Waals surface area contributed by atoms with Gasteiger partial charge in [0.15, 0.2) is 0 Å². The highest BCUT2D eigenvalue weighted by molar-refractivity contribution is 6.10. The number of carboxylic acids is 1. The van der Waals surface area contributed by atoms with Crippen LogP contribution in [0.3, 0.4) is 0 Å². The van der Waals surface area contributed by atoms with Crippen molar-refractivity contribution in [2.24, 2.45) is 11.8 Å². The van der Waals surface area contributed by atoms with Gasteiger partial charge in [-0.15, -0.1) is 0 Å². The Kier molecular flexibility index (Phi) is 7.95. The van der Waals surface area contributed by atoms with Crippen LogP contribution in [0, 0.1) is 11.8 Å². The van der Waals surface area contributed by atoms with Gasteiger partial charge in [-0.05, 0) is 49.6 Å². The lowest BCUT2D eigenvalue weighted by molar-refractivity contribution is -0.192. The number of aliphatic carboxylic acids is 1. The van der Waals surface area contributed by atoms with Crippen LogP contribution in [0.4, 0.5) is 26.3 Å². The smallest absolute Gasteiger partial charge is 0.475 e. The fourth-order valence-corrected chi connectivity index (χ4v) is 5.75. The highest BCUT2D eigenvalue weighted by Gasteiger charge is 2.68. The molecule has 0 radical (unpaired) electrons. The van der Waals surface area contributed by atoms with Crippen LogP contribution in [0.15, 0.2) is 47.1 Å². The number of alkyl halides is 6. The van der Waals surface area contributed by atoms with Crippen molar-refractivity contribution >= 4 is 23.7 Å². The number of rotatable bonds is 4. The minimum atomic E-state index is -5.08. The number of hydrogen-bond acceptors (Lipinski definition) is 6. The van der Waals surface area contributed by atoms with E-state index in [2.05, 4.69) is 5.32 Å². The van der Waals surface area contributed by atoms with Gasteiger partial charge in [0.05, 0.1) is 30.2 Å². The lowest BCUT2D eigenvalue weighted by atomic mass is 9.74. The van der Waals surface area contributed by atoms with Crippen LogP contribution in [0.1, 0.15) is 42.7 Å². The minimum Gasteiger partial charge on any atom is -0.475 e. The Hall–Kier alpha value is -3.88. The highest BCUT2D eigenvalue weighted by Crippen LogP contribution is 2.52. The van der Waals surface area contributed by atoms with E-state index in [1.807, 2.05) is 0 Å². The molecule has 0 aliphatic carbocycles. The van der Waals surface area contributed by atoms with Crippen molar-refractivity contribution in [3.8, 4) is 0 Å². The fraction of sp³-hybridized carbons (Fsp3) is 0.462. The summed E-state index contributed by atoms with van der Waals surface area (Å²) < 4.78 is 76.4. The van der Waals surface area contributed by atoms with Gasteiger partial charge in [0.1, 0.15) is 11.3 Å². The maximum absolute atomic E-state index is 13.8. The molecule has 3 saturated heterocycles. The zero-order chi connectivity index (χ0) is 30.3. The van der Waals surface area contributed by atoms with Gasteiger partial charge in [-0.25, -0.2) is 4.79 Å². The van der Waals surface area contributed by atoms with Gasteiger partial charge in [-0.2, -0.15) is 26.3 Å². The summed E-state index contributed by atoms with van der Waals surface area (Å²) in [5, 5.41) is 10.4. The predicted molar refractivity (Wildman–Crippen MR) is 126 cm³/mol. The quantitative estimate of drug-likeness (QED) is 0.412. The molecule has 222 valence electrons. The van der Waals surface area contributed by atoms with E-state index in [-0.39, 0.29) is 19.0 Å². The molecule has 0 bridgehead atoms. The molecule has 4 heterocycles. The summed E-state index contributed by atoms with van der Waals surface area (Å²) in [5.74, 6) is -5.04. The molecule has 2 aromatic rings. The molecule has 15 heteroatoms. The zero-order valence-corrected chi connectivity index (χ0v) is 21.5. The van der Waals surface area contributed by atoms with Crippen LogP contribution < -0.4 is 5.32 Å². The van der Waals surface area contributed by atoms with Crippen LogP contribution in [0.2, 0.25) is 0 Å². The number of carbonyl (C=O) groups is 4. The third kappa shape index (κ3) is 5.54. The number of halogens is 6. The van der Waals surface area contributed by atoms with Gasteiger partial charge in [-0.1, -0.05) is 12.1 Å². The summed E-state index contributed by atoms with van der Waals surface area (Å²) in [4.78, 5) is 52.1. The van der Waals surface area contributed by atoms with Crippen molar-refractivity contribution in [2.75, 3.05) is 13.1 Å². The molecule has 41 heavy (non-hydrogen) atoms. The second kappa shape index (κ2) is 10.8. The first-order chi connectivity index (χ1) is 19.1. The van der Waals surface area contributed by atoms with Crippen LogP contribution >= 0.6 is 0 Å². The van der Waals surface area contributed by atoms with E-state index in [1.165, 1.54) is 18.4 Å². The number of furan rings is 1. The van der Waals surface area contributed by atoms with E-state index in [0.717, 1.165) is 17.0 Å². The SMILES string of the molecule is CCN1C(=O)[C@H]2[C@@H](c3ccc(C(F)(F)F)cc3)N[C@]3(CCCN(Cc4ccco4)C3=O)[C@H]2C1=O.O=C(O)C(F)(F)F. The maximum atomic E-state index is 13.8. The standard InChI is InChI=1S/C24H24F3N3O4.C2HF3O2/c1-2-30-20(31)17-18(21(30)32)23(10-4-11-29(22(23)33)13-16-5-3-12-34-16)28-19(17)14-6-8-15(9-7-14)24(25,26)27;3-2(4,5)1(6)7/h3,5-9,12,17-19,28H,2,4,10-11,13H2,1H3;(H,6,7)/t17-,18-,19-,23-;/m1./s1. The average Bonchev–Trinajstić information content (AvgIpc) is 3.59. The molecule has 0 saturated carbocycles. The van der Waals surface area contributed by atoms with Crippen molar-refractivity contribution in [2.45, 2.75) is 50.2 Å². The summed E-state index contributed by atoms with van der Waals surface area (Å²) >= 11 is 0. The van der Waals surface area contributed by atoms with Crippen LogP contribution in [-0.4, -0.2) is 63.4 Å². The molecule has 3 fully saturated rings. The minimum absolute atomic E-state index is 0.171. The first-order valence-electron chi connectivity index (χ1n) is 12.5. The number of nitrogens with one attached hydrogen (secondary N) is 1. The van der Waals surface area contributed by atoms with Gasteiger partial charge in [-0.3, -0.25) is 24.6 Å². The molecule has 2 N–H and O–H groups in total. The number of imide groups is 1. The Bertz CT molecular complexity index is 1310. The number of amides is 3. The van der Waals surface area contributed by atoms with E-state index < -0.39 is 59.1 Å². The number of nitrogens with zero attached hydrogens (tertiary/aromatic N) is 2. The van der Waals surface area contributed by atoms with Gasteiger partial charge in [0.25, 0.3) is 0 Å². The first kappa shape index (κ1) is 30.1. The molecular formula is C26H25F6N3O6.